The molecular formula is C19H17N3O6. The SMILES string of the molecule is CC(=O)N1CC(=O)C[C@@H]1C(=O)Nc1ccc(-c2ccc(C(=O)O)c(=O)[nH]2)cc1. The van der Waals surface area contributed by atoms with Crippen molar-refractivity contribution in [2.45, 2.75) is 19.4 Å². The minimum atomic E-state index is -1.31. The van der Waals surface area contributed by atoms with Crippen molar-refractivity contribution in [2.24, 2.45) is 0 Å². The van der Waals surface area contributed by atoms with Gasteiger partial charge in [0.25, 0.3) is 5.56 Å². The highest BCUT2D eigenvalue weighted by Crippen LogP contribution is 2.21. The van der Waals surface area contributed by atoms with Crippen molar-refractivity contribution in [3.05, 3.63) is 52.3 Å². The first kappa shape index (κ1) is 19.0. The molecule has 3 rings (SSSR count). The van der Waals surface area contributed by atoms with Crippen molar-refractivity contribution in [1.29, 1.82) is 0 Å². The van der Waals surface area contributed by atoms with Crippen LogP contribution in [0.5, 0.6) is 0 Å². The Morgan fingerprint density at radius 3 is 2.36 bits per heavy atom. The predicted molar refractivity (Wildman–Crippen MR) is 98.9 cm³/mol. The van der Waals surface area contributed by atoms with Gasteiger partial charge < -0.3 is 20.3 Å². The van der Waals surface area contributed by atoms with E-state index in [9.17, 15) is 24.0 Å². The predicted octanol–water partition coefficient (Wildman–Crippen LogP) is 0.868. The van der Waals surface area contributed by atoms with Gasteiger partial charge in [0, 0.05) is 24.7 Å². The van der Waals surface area contributed by atoms with Crippen LogP contribution in [0.25, 0.3) is 11.3 Å². The number of amides is 2. The number of Topliss-reactive ketones (excluding diaryl/α,β-unsaturated/α-hetero) is 1. The summed E-state index contributed by atoms with van der Waals surface area (Å²) in [6, 6.07) is 8.36. The van der Waals surface area contributed by atoms with E-state index in [1.165, 1.54) is 24.0 Å². The average Bonchev–Trinajstić information content (AvgIpc) is 3.04. The third-order valence-corrected chi connectivity index (χ3v) is 4.45. The first-order valence-electron chi connectivity index (χ1n) is 8.43. The summed E-state index contributed by atoms with van der Waals surface area (Å²) < 4.78 is 0. The molecule has 28 heavy (non-hydrogen) atoms. The van der Waals surface area contributed by atoms with E-state index in [1.807, 2.05) is 0 Å². The Bertz CT molecular complexity index is 1020. The highest BCUT2D eigenvalue weighted by molar-refractivity contribution is 6.03. The fourth-order valence-corrected chi connectivity index (χ4v) is 3.02. The molecule has 0 spiro atoms. The van der Waals surface area contributed by atoms with Crippen molar-refractivity contribution in [3.8, 4) is 11.3 Å². The van der Waals surface area contributed by atoms with Crippen LogP contribution < -0.4 is 10.9 Å². The van der Waals surface area contributed by atoms with E-state index in [0.29, 0.717) is 16.9 Å². The number of hydrogen-bond acceptors (Lipinski definition) is 5. The van der Waals surface area contributed by atoms with Gasteiger partial charge in [-0.1, -0.05) is 12.1 Å². The Labute approximate surface area is 159 Å². The lowest BCUT2D eigenvalue weighted by Crippen LogP contribution is -2.42. The van der Waals surface area contributed by atoms with Crippen LogP contribution in [0.4, 0.5) is 5.69 Å². The number of aromatic nitrogens is 1. The fraction of sp³-hybridized carbons (Fsp3) is 0.211. The number of carbonyl (C=O) groups is 4. The van der Waals surface area contributed by atoms with Crippen LogP contribution in [0.1, 0.15) is 23.7 Å². The third kappa shape index (κ3) is 3.83. The molecule has 9 nitrogen and oxygen atoms in total. The summed E-state index contributed by atoms with van der Waals surface area (Å²) in [6.45, 7) is 1.25. The summed E-state index contributed by atoms with van der Waals surface area (Å²) in [4.78, 5) is 62.0. The fourth-order valence-electron chi connectivity index (χ4n) is 3.02. The van der Waals surface area contributed by atoms with Gasteiger partial charge in [0.15, 0.2) is 5.78 Å². The Kier molecular flexibility index (Phi) is 5.08. The van der Waals surface area contributed by atoms with Crippen LogP contribution in [0.2, 0.25) is 0 Å². The molecule has 3 N–H and O–H groups in total. The lowest BCUT2D eigenvalue weighted by molar-refractivity contribution is -0.135. The lowest BCUT2D eigenvalue weighted by atomic mass is 10.1. The van der Waals surface area contributed by atoms with Crippen molar-refractivity contribution >= 4 is 29.3 Å². The summed E-state index contributed by atoms with van der Waals surface area (Å²) in [5.74, 6) is -2.27. The highest BCUT2D eigenvalue weighted by Gasteiger charge is 2.37. The van der Waals surface area contributed by atoms with Gasteiger partial charge in [0.1, 0.15) is 11.6 Å². The lowest BCUT2D eigenvalue weighted by Gasteiger charge is -2.21. The normalized spacial score (nSPS) is 16.1. The number of H-pyrrole nitrogens is 1. The van der Waals surface area contributed by atoms with Gasteiger partial charge in [-0.25, -0.2) is 4.79 Å². The molecule has 0 aliphatic carbocycles. The van der Waals surface area contributed by atoms with E-state index in [1.54, 1.807) is 24.3 Å². The molecule has 1 aliphatic heterocycles. The van der Waals surface area contributed by atoms with E-state index in [2.05, 4.69) is 10.3 Å². The van der Waals surface area contributed by atoms with Gasteiger partial charge in [0.2, 0.25) is 11.8 Å². The molecule has 0 radical (unpaired) electrons. The topological polar surface area (TPSA) is 137 Å². The summed E-state index contributed by atoms with van der Waals surface area (Å²) in [5.41, 5.74) is 0.443. The van der Waals surface area contributed by atoms with Gasteiger partial charge in [-0.3, -0.25) is 19.2 Å². The van der Waals surface area contributed by atoms with Gasteiger partial charge in [0.05, 0.1) is 6.54 Å². The van der Waals surface area contributed by atoms with Crippen molar-refractivity contribution < 1.29 is 24.3 Å². The number of aromatic amines is 1. The molecule has 0 saturated carbocycles. The van der Waals surface area contributed by atoms with Crippen LogP contribution in [0.15, 0.2) is 41.2 Å². The quantitative estimate of drug-likeness (QED) is 0.716. The minimum absolute atomic E-state index is 0.0132. The summed E-state index contributed by atoms with van der Waals surface area (Å²) >= 11 is 0. The number of carbonyl (C=O) groups excluding carboxylic acids is 3. The Morgan fingerprint density at radius 2 is 1.79 bits per heavy atom. The molecule has 2 heterocycles. The number of rotatable bonds is 4. The smallest absolute Gasteiger partial charge is 0.341 e. The first-order valence-corrected chi connectivity index (χ1v) is 8.43. The molecule has 2 aromatic rings. The number of hydrogen-bond donors (Lipinski definition) is 3. The molecule has 1 atom stereocenters. The van der Waals surface area contributed by atoms with Gasteiger partial charge in [-0.05, 0) is 29.8 Å². The molecule has 144 valence electrons. The molecule has 1 aromatic heterocycles. The molecule has 1 aliphatic rings. The average molecular weight is 383 g/mol. The van der Waals surface area contributed by atoms with Gasteiger partial charge in [-0.15, -0.1) is 0 Å². The van der Waals surface area contributed by atoms with E-state index in [-0.39, 0.29) is 30.2 Å². The zero-order chi connectivity index (χ0) is 20.4. The second-order valence-electron chi connectivity index (χ2n) is 6.39. The molecule has 0 bridgehead atoms. The molecule has 2 amide bonds. The zero-order valence-electron chi connectivity index (χ0n) is 14.9. The number of nitrogens with zero attached hydrogens (tertiary/aromatic N) is 1. The molecule has 0 unspecified atom stereocenters. The maximum absolute atomic E-state index is 12.4. The van der Waals surface area contributed by atoms with Crippen molar-refractivity contribution in [3.63, 3.8) is 0 Å². The van der Waals surface area contributed by atoms with Crippen LogP contribution in [0, 0.1) is 0 Å². The number of anilines is 1. The zero-order valence-corrected chi connectivity index (χ0v) is 14.9. The number of aromatic carboxylic acids is 1. The van der Waals surface area contributed by atoms with Crippen molar-refractivity contribution in [2.75, 3.05) is 11.9 Å². The summed E-state index contributed by atoms with van der Waals surface area (Å²) in [6.07, 6.45) is -0.0132. The molecule has 9 heteroatoms. The number of ketones is 1. The van der Waals surface area contributed by atoms with Gasteiger partial charge >= 0.3 is 5.97 Å². The van der Waals surface area contributed by atoms with Crippen LogP contribution >= 0.6 is 0 Å². The van der Waals surface area contributed by atoms with Crippen molar-refractivity contribution in [1.82, 2.24) is 9.88 Å². The van der Waals surface area contributed by atoms with Crippen LogP contribution in [-0.2, 0) is 14.4 Å². The summed E-state index contributed by atoms with van der Waals surface area (Å²) in [7, 11) is 0. The number of nitrogens with one attached hydrogen (secondary N) is 2. The van der Waals surface area contributed by atoms with E-state index in [4.69, 9.17) is 5.11 Å². The number of benzene rings is 1. The largest absolute Gasteiger partial charge is 0.477 e. The van der Waals surface area contributed by atoms with E-state index >= 15 is 0 Å². The Hall–Kier alpha value is -3.75. The second kappa shape index (κ2) is 7.47. The second-order valence-corrected chi connectivity index (χ2v) is 6.39. The minimum Gasteiger partial charge on any atom is -0.477 e. The van der Waals surface area contributed by atoms with E-state index in [0.717, 1.165) is 0 Å². The molecular weight excluding hydrogens is 366 g/mol. The number of pyridine rings is 1. The van der Waals surface area contributed by atoms with E-state index < -0.39 is 23.5 Å². The monoisotopic (exact) mass is 383 g/mol. The molecule has 1 fully saturated rings. The number of likely N-dealkylation sites (tertiary alicyclic amines) is 1. The number of carboxylic acids is 1. The third-order valence-electron chi connectivity index (χ3n) is 4.45. The van der Waals surface area contributed by atoms with Gasteiger partial charge in [-0.2, -0.15) is 0 Å². The highest BCUT2D eigenvalue weighted by atomic mass is 16.4. The maximum Gasteiger partial charge on any atom is 0.341 e. The summed E-state index contributed by atoms with van der Waals surface area (Å²) in [5, 5.41) is 11.6. The number of carboxylic acid groups (broad SMARTS) is 1. The maximum atomic E-state index is 12.4. The standard InChI is InChI=1S/C19H17N3O6/c1-10(23)22-9-13(24)8-16(22)18(26)20-12-4-2-11(3-5-12)15-7-6-14(19(27)28)17(25)21-15/h2-7,16H,8-9H2,1H3,(H,20,26)(H,21,25)(H,27,28)/t16-/m1/s1. The van der Waals surface area contributed by atoms with Crippen LogP contribution in [-0.4, -0.2) is 51.1 Å². The molecule has 1 aromatic carbocycles. The Balaban J connectivity index is 1.74. The van der Waals surface area contributed by atoms with Crippen LogP contribution in [0.3, 0.4) is 0 Å². The molecule has 1 saturated heterocycles. The Morgan fingerprint density at radius 1 is 1.11 bits per heavy atom. The first-order chi connectivity index (χ1) is 13.3.